The van der Waals surface area contributed by atoms with Gasteiger partial charge in [0, 0.05) is 13.1 Å². The van der Waals surface area contributed by atoms with Crippen LogP contribution in [0.5, 0.6) is 0 Å². The number of rotatable bonds is 1. The van der Waals surface area contributed by atoms with E-state index in [0.717, 1.165) is 17.7 Å². The van der Waals surface area contributed by atoms with Crippen LogP contribution in [0.2, 0.25) is 0 Å². The lowest BCUT2D eigenvalue weighted by Gasteiger charge is -2.27. The third-order valence-electron chi connectivity index (χ3n) is 3.49. The zero-order chi connectivity index (χ0) is 13.3. The molecular formula is C15H22N2O. The van der Waals surface area contributed by atoms with E-state index in [1.165, 1.54) is 5.56 Å². The van der Waals surface area contributed by atoms with Gasteiger partial charge in [0.1, 0.15) is 6.04 Å². The van der Waals surface area contributed by atoms with Crippen molar-refractivity contribution in [2.45, 2.75) is 39.2 Å². The number of hydrogen-bond acceptors (Lipinski definition) is 2. The van der Waals surface area contributed by atoms with Crippen molar-refractivity contribution in [2.75, 3.05) is 13.1 Å². The lowest BCUT2D eigenvalue weighted by molar-refractivity contribution is -0.124. The van der Waals surface area contributed by atoms with Gasteiger partial charge in [0.15, 0.2) is 0 Å². The summed E-state index contributed by atoms with van der Waals surface area (Å²) in [5.41, 5.74) is 3.63. The molecule has 1 aromatic rings. The molecule has 2 rings (SSSR count). The van der Waals surface area contributed by atoms with E-state index in [4.69, 9.17) is 0 Å². The van der Waals surface area contributed by atoms with E-state index < -0.39 is 0 Å². The fraction of sp³-hybridized carbons (Fsp3) is 0.533. The molecule has 1 heterocycles. The minimum absolute atomic E-state index is 0.0791. The van der Waals surface area contributed by atoms with Gasteiger partial charge in [-0.3, -0.25) is 4.79 Å². The van der Waals surface area contributed by atoms with Crippen LogP contribution in [0, 0.1) is 6.92 Å². The van der Waals surface area contributed by atoms with E-state index in [1.807, 2.05) is 0 Å². The number of benzene rings is 1. The fourth-order valence-corrected chi connectivity index (χ4v) is 2.27. The van der Waals surface area contributed by atoms with E-state index >= 15 is 0 Å². The maximum absolute atomic E-state index is 11.9. The molecular weight excluding hydrogens is 224 g/mol. The molecule has 1 aliphatic rings. The average Bonchev–Trinajstić information content (AvgIpc) is 2.29. The molecule has 0 spiro atoms. The van der Waals surface area contributed by atoms with Crippen LogP contribution in [0.4, 0.5) is 0 Å². The molecule has 3 heteroatoms. The van der Waals surface area contributed by atoms with Crippen LogP contribution in [-0.4, -0.2) is 19.0 Å². The van der Waals surface area contributed by atoms with E-state index in [0.29, 0.717) is 6.54 Å². The summed E-state index contributed by atoms with van der Waals surface area (Å²) in [6.07, 6.45) is 0. The van der Waals surface area contributed by atoms with Gasteiger partial charge in [-0.05, 0) is 29.0 Å². The summed E-state index contributed by atoms with van der Waals surface area (Å²) < 4.78 is 0. The third-order valence-corrected chi connectivity index (χ3v) is 3.49. The standard InChI is InChI=1S/C15H22N2O/c1-10-5-6-11(15(2,3)4)9-12(10)13-14(18)17-8-7-16-13/h5-6,9,13,16H,7-8H2,1-4H3,(H,17,18). The van der Waals surface area contributed by atoms with Crippen LogP contribution >= 0.6 is 0 Å². The second-order valence-electron chi connectivity index (χ2n) is 6.00. The fourth-order valence-electron chi connectivity index (χ4n) is 2.27. The lowest BCUT2D eigenvalue weighted by atomic mass is 9.84. The van der Waals surface area contributed by atoms with Crippen LogP contribution in [0.15, 0.2) is 18.2 Å². The zero-order valence-corrected chi connectivity index (χ0v) is 11.6. The molecule has 0 bridgehead atoms. The summed E-state index contributed by atoms with van der Waals surface area (Å²) in [5.74, 6) is 0.0791. The zero-order valence-electron chi connectivity index (χ0n) is 11.6. The Hall–Kier alpha value is -1.35. The Morgan fingerprint density at radius 3 is 2.56 bits per heavy atom. The van der Waals surface area contributed by atoms with Crippen molar-refractivity contribution in [3.05, 3.63) is 34.9 Å². The predicted octanol–water partition coefficient (Wildman–Crippen LogP) is 2.05. The predicted molar refractivity (Wildman–Crippen MR) is 73.6 cm³/mol. The molecule has 1 amide bonds. The van der Waals surface area contributed by atoms with Crippen molar-refractivity contribution in [1.82, 2.24) is 10.6 Å². The molecule has 1 saturated heterocycles. The smallest absolute Gasteiger partial charge is 0.241 e. The maximum Gasteiger partial charge on any atom is 0.241 e. The first-order chi connectivity index (χ1) is 8.39. The quantitative estimate of drug-likeness (QED) is 0.796. The largest absolute Gasteiger partial charge is 0.353 e. The summed E-state index contributed by atoms with van der Waals surface area (Å²) in [7, 11) is 0. The summed E-state index contributed by atoms with van der Waals surface area (Å²) in [4.78, 5) is 11.9. The molecule has 1 fully saturated rings. The first-order valence-electron chi connectivity index (χ1n) is 6.52. The summed E-state index contributed by atoms with van der Waals surface area (Å²) >= 11 is 0. The Kier molecular flexibility index (Phi) is 3.44. The van der Waals surface area contributed by atoms with Crippen molar-refractivity contribution in [3.63, 3.8) is 0 Å². The number of amides is 1. The van der Waals surface area contributed by atoms with Gasteiger partial charge in [0.2, 0.25) is 5.91 Å². The molecule has 0 saturated carbocycles. The van der Waals surface area contributed by atoms with Crippen LogP contribution in [0.25, 0.3) is 0 Å². The number of carbonyl (C=O) groups is 1. The van der Waals surface area contributed by atoms with E-state index in [9.17, 15) is 4.79 Å². The second-order valence-corrected chi connectivity index (χ2v) is 6.00. The highest BCUT2D eigenvalue weighted by Crippen LogP contribution is 2.27. The van der Waals surface area contributed by atoms with Crippen molar-refractivity contribution >= 4 is 5.91 Å². The Labute approximate surface area is 109 Å². The monoisotopic (exact) mass is 246 g/mol. The molecule has 1 aliphatic heterocycles. The van der Waals surface area contributed by atoms with Gasteiger partial charge in [-0.1, -0.05) is 39.0 Å². The Balaban J connectivity index is 2.40. The highest BCUT2D eigenvalue weighted by atomic mass is 16.2. The lowest BCUT2D eigenvalue weighted by Crippen LogP contribution is -2.47. The molecule has 18 heavy (non-hydrogen) atoms. The van der Waals surface area contributed by atoms with Gasteiger partial charge in [-0.25, -0.2) is 0 Å². The summed E-state index contributed by atoms with van der Waals surface area (Å²) in [5, 5.41) is 6.21. The molecule has 1 atom stereocenters. The SMILES string of the molecule is Cc1ccc(C(C)(C)C)cc1C1NCCNC1=O. The number of carbonyl (C=O) groups excluding carboxylic acids is 1. The summed E-state index contributed by atoms with van der Waals surface area (Å²) in [6.45, 7) is 10.2. The number of piperazine rings is 1. The molecule has 3 nitrogen and oxygen atoms in total. The third kappa shape index (κ3) is 2.56. The normalized spacial score (nSPS) is 20.7. The van der Waals surface area contributed by atoms with Gasteiger partial charge in [-0.2, -0.15) is 0 Å². The molecule has 0 radical (unpaired) electrons. The first-order valence-corrected chi connectivity index (χ1v) is 6.52. The highest BCUT2D eigenvalue weighted by molar-refractivity contribution is 5.84. The summed E-state index contributed by atoms with van der Waals surface area (Å²) in [6, 6.07) is 6.22. The van der Waals surface area contributed by atoms with Crippen LogP contribution < -0.4 is 10.6 Å². The van der Waals surface area contributed by atoms with Crippen molar-refractivity contribution in [1.29, 1.82) is 0 Å². The molecule has 1 aromatic carbocycles. The number of nitrogens with one attached hydrogen (secondary N) is 2. The van der Waals surface area contributed by atoms with Crippen LogP contribution in [0.3, 0.4) is 0 Å². The molecule has 2 N–H and O–H groups in total. The molecule has 1 unspecified atom stereocenters. The highest BCUT2D eigenvalue weighted by Gasteiger charge is 2.26. The molecule has 0 aliphatic carbocycles. The Bertz CT molecular complexity index is 460. The first kappa shape index (κ1) is 13.1. The minimum atomic E-state index is -0.207. The van der Waals surface area contributed by atoms with Crippen LogP contribution in [-0.2, 0) is 10.2 Å². The molecule has 98 valence electrons. The average molecular weight is 246 g/mol. The van der Waals surface area contributed by atoms with Gasteiger partial charge in [0.25, 0.3) is 0 Å². The second kappa shape index (κ2) is 4.73. The van der Waals surface area contributed by atoms with Crippen molar-refractivity contribution in [3.8, 4) is 0 Å². The van der Waals surface area contributed by atoms with E-state index in [-0.39, 0.29) is 17.4 Å². The number of hydrogen-bond donors (Lipinski definition) is 2. The van der Waals surface area contributed by atoms with Gasteiger partial charge in [0.05, 0.1) is 0 Å². The van der Waals surface area contributed by atoms with Crippen molar-refractivity contribution in [2.24, 2.45) is 0 Å². The van der Waals surface area contributed by atoms with Gasteiger partial charge in [-0.15, -0.1) is 0 Å². The number of aryl methyl sites for hydroxylation is 1. The topological polar surface area (TPSA) is 41.1 Å². The van der Waals surface area contributed by atoms with Crippen LogP contribution in [0.1, 0.15) is 43.5 Å². The molecule has 0 aromatic heterocycles. The van der Waals surface area contributed by atoms with Gasteiger partial charge >= 0.3 is 0 Å². The minimum Gasteiger partial charge on any atom is -0.353 e. The Morgan fingerprint density at radius 2 is 1.94 bits per heavy atom. The van der Waals surface area contributed by atoms with Gasteiger partial charge < -0.3 is 10.6 Å². The maximum atomic E-state index is 11.9. The Morgan fingerprint density at radius 1 is 1.22 bits per heavy atom. The van der Waals surface area contributed by atoms with E-state index in [2.05, 4.69) is 56.5 Å². The van der Waals surface area contributed by atoms with Crippen molar-refractivity contribution < 1.29 is 4.79 Å². The van der Waals surface area contributed by atoms with E-state index in [1.54, 1.807) is 0 Å².